The van der Waals surface area contributed by atoms with E-state index < -0.39 is 0 Å². The number of aromatic nitrogens is 2. The smallest absolute Gasteiger partial charge is 0.257 e. The molecule has 6 heteroatoms. The van der Waals surface area contributed by atoms with Crippen LogP contribution in [-0.2, 0) is 0 Å². The molecule has 0 saturated heterocycles. The van der Waals surface area contributed by atoms with Crippen LogP contribution in [0.2, 0.25) is 0 Å². The summed E-state index contributed by atoms with van der Waals surface area (Å²) in [5.74, 6) is 0.469. The first-order chi connectivity index (χ1) is 11.2. The molecule has 23 heavy (non-hydrogen) atoms. The molecule has 0 spiro atoms. The van der Waals surface area contributed by atoms with Gasteiger partial charge in [-0.05, 0) is 36.8 Å². The van der Waals surface area contributed by atoms with E-state index in [1.165, 1.54) is 11.3 Å². The summed E-state index contributed by atoms with van der Waals surface area (Å²) in [7, 11) is 1.59. The largest absolute Gasteiger partial charge is 0.496 e. The van der Waals surface area contributed by atoms with Gasteiger partial charge in [-0.25, -0.2) is 4.98 Å². The summed E-state index contributed by atoms with van der Waals surface area (Å²) in [5.41, 5.74) is 3.03. The van der Waals surface area contributed by atoms with Crippen LogP contribution in [0.1, 0.15) is 15.9 Å². The van der Waals surface area contributed by atoms with Gasteiger partial charge in [-0.15, -0.1) is 11.3 Å². The molecule has 0 radical (unpaired) electrons. The second kappa shape index (κ2) is 6.58. The van der Waals surface area contributed by atoms with Gasteiger partial charge in [-0.1, -0.05) is 12.1 Å². The van der Waals surface area contributed by atoms with Crippen molar-refractivity contribution in [3.8, 4) is 17.1 Å². The zero-order valence-electron chi connectivity index (χ0n) is 12.7. The summed E-state index contributed by atoms with van der Waals surface area (Å²) in [6.45, 7) is 1.93. The number of anilines is 1. The molecule has 116 valence electrons. The lowest BCUT2D eigenvalue weighted by Gasteiger charge is -2.07. The van der Waals surface area contributed by atoms with Crippen LogP contribution in [0.15, 0.2) is 48.0 Å². The Kier molecular flexibility index (Phi) is 4.34. The molecular formula is C17H15N3O2S. The highest BCUT2D eigenvalue weighted by Crippen LogP contribution is 2.24. The molecule has 2 aromatic heterocycles. The predicted molar refractivity (Wildman–Crippen MR) is 91.0 cm³/mol. The maximum Gasteiger partial charge on any atom is 0.257 e. The lowest BCUT2D eigenvalue weighted by atomic mass is 10.1. The lowest BCUT2D eigenvalue weighted by Crippen LogP contribution is -2.12. The molecule has 0 bridgehead atoms. The van der Waals surface area contributed by atoms with Crippen LogP contribution in [0.4, 0.5) is 5.13 Å². The van der Waals surface area contributed by atoms with E-state index in [1.807, 2.05) is 36.6 Å². The Morgan fingerprint density at radius 1 is 1.22 bits per heavy atom. The molecule has 0 atom stereocenters. The number of rotatable bonds is 4. The molecule has 2 heterocycles. The molecule has 0 unspecified atom stereocenters. The lowest BCUT2D eigenvalue weighted by molar-refractivity contribution is 0.102. The van der Waals surface area contributed by atoms with E-state index in [-0.39, 0.29) is 5.91 Å². The number of hydrogen-bond acceptors (Lipinski definition) is 5. The predicted octanol–water partition coefficient (Wildman–Crippen LogP) is 3.77. The van der Waals surface area contributed by atoms with Crippen LogP contribution < -0.4 is 10.1 Å². The van der Waals surface area contributed by atoms with Crippen molar-refractivity contribution in [1.29, 1.82) is 0 Å². The summed E-state index contributed by atoms with van der Waals surface area (Å²) < 4.78 is 5.25. The van der Waals surface area contributed by atoms with E-state index >= 15 is 0 Å². The molecule has 0 aliphatic carbocycles. The van der Waals surface area contributed by atoms with Gasteiger partial charge in [0.2, 0.25) is 0 Å². The van der Waals surface area contributed by atoms with E-state index in [0.717, 1.165) is 17.0 Å². The molecule has 3 aromatic rings. The number of benzene rings is 1. The van der Waals surface area contributed by atoms with Gasteiger partial charge in [0.15, 0.2) is 5.13 Å². The van der Waals surface area contributed by atoms with Crippen LogP contribution in [0.25, 0.3) is 11.4 Å². The van der Waals surface area contributed by atoms with Crippen LogP contribution in [0, 0.1) is 6.92 Å². The van der Waals surface area contributed by atoms with Gasteiger partial charge in [0.25, 0.3) is 5.91 Å². The number of hydrogen-bond donors (Lipinski definition) is 1. The molecule has 0 fully saturated rings. The Bertz CT molecular complexity index is 831. The van der Waals surface area contributed by atoms with Gasteiger partial charge in [-0.3, -0.25) is 15.1 Å². The Morgan fingerprint density at radius 2 is 2.09 bits per heavy atom. The van der Waals surface area contributed by atoms with Gasteiger partial charge in [-0.2, -0.15) is 0 Å². The zero-order valence-corrected chi connectivity index (χ0v) is 13.6. The number of nitrogens with zero attached hydrogens (tertiary/aromatic N) is 2. The minimum atomic E-state index is -0.217. The minimum absolute atomic E-state index is 0.217. The van der Waals surface area contributed by atoms with E-state index in [4.69, 9.17) is 4.74 Å². The Morgan fingerprint density at radius 3 is 2.83 bits per heavy atom. The topological polar surface area (TPSA) is 64.1 Å². The van der Waals surface area contributed by atoms with Crippen molar-refractivity contribution in [2.24, 2.45) is 0 Å². The molecule has 0 aliphatic rings. The average molecular weight is 325 g/mol. The van der Waals surface area contributed by atoms with Crippen molar-refractivity contribution in [2.45, 2.75) is 6.92 Å². The maximum atomic E-state index is 12.3. The zero-order chi connectivity index (χ0) is 16.2. The molecular weight excluding hydrogens is 310 g/mol. The molecule has 0 saturated carbocycles. The van der Waals surface area contributed by atoms with Gasteiger partial charge < -0.3 is 4.74 Å². The van der Waals surface area contributed by atoms with E-state index in [2.05, 4.69) is 15.3 Å². The monoisotopic (exact) mass is 325 g/mol. The average Bonchev–Trinajstić information content (AvgIpc) is 3.04. The van der Waals surface area contributed by atoms with E-state index in [9.17, 15) is 4.79 Å². The number of methoxy groups -OCH3 is 1. The first-order valence-electron chi connectivity index (χ1n) is 7.00. The minimum Gasteiger partial charge on any atom is -0.496 e. The number of thiazole rings is 1. The van der Waals surface area contributed by atoms with Gasteiger partial charge >= 0.3 is 0 Å². The number of nitrogens with one attached hydrogen (secondary N) is 1. The number of aryl methyl sites for hydroxylation is 1. The molecule has 1 aromatic carbocycles. The summed E-state index contributed by atoms with van der Waals surface area (Å²) in [5, 5.41) is 5.21. The van der Waals surface area contributed by atoms with Crippen molar-refractivity contribution in [1.82, 2.24) is 9.97 Å². The van der Waals surface area contributed by atoms with Crippen LogP contribution in [0.5, 0.6) is 5.75 Å². The normalized spacial score (nSPS) is 10.3. The fourth-order valence-electron chi connectivity index (χ4n) is 2.09. The van der Waals surface area contributed by atoms with Gasteiger partial charge in [0, 0.05) is 17.1 Å². The number of carbonyl (C=O) groups excluding carboxylic acids is 1. The molecule has 1 amide bonds. The fourth-order valence-corrected chi connectivity index (χ4v) is 2.79. The number of ether oxygens (including phenoxy) is 1. The first-order valence-corrected chi connectivity index (χ1v) is 7.88. The van der Waals surface area contributed by atoms with Crippen LogP contribution in [0.3, 0.4) is 0 Å². The Balaban J connectivity index is 1.77. The summed E-state index contributed by atoms with van der Waals surface area (Å²) in [6, 6.07) is 11.0. The molecule has 3 rings (SSSR count). The van der Waals surface area contributed by atoms with Crippen LogP contribution in [-0.4, -0.2) is 23.0 Å². The maximum absolute atomic E-state index is 12.3. The van der Waals surface area contributed by atoms with E-state index in [1.54, 1.807) is 25.4 Å². The third-order valence-corrected chi connectivity index (χ3v) is 4.08. The van der Waals surface area contributed by atoms with Crippen molar-refractivity contribution in [3.63, 3.8) is 0 Å². The highest BCUT2D eigenvalue weighted by molar-refractivity contribution is 7.14. The van der Waals surface area contributed by atoms with Crippen molar-refractivity contribution < 1.29 is 9.53 Å². The highest BCUT2D eigenvalue weighted by atomic mass is 32.1. The van der Waals surface area contributed by atoms with Gasteiger partial charge in [0.05, 0.1) is 12.8 Å². The number of amides is 1. The van der Waals surface area contributed by atoms with Crippen molar-refractivity contribution in [2.75, 3.05) is 12.4 Å². The van der Waals surface area contributed by atoms with Crippen molar-refractivity contribution >= 4 is 22.4 Å². The van der Waals surface area contributed by atoms with Crippen molar-refractivity contribution in [3.05, 3.63) is 59.1 Å². The second-order valence-electron chi connectivity index (χ2n) is 4.89. The summed E-state index contributed by atoms with van der Waals surface area (Å²) in [4.78, 5) is 21.0. The third-order valence-electron chi connectivity index (χ3n) is 3.32. The van der Waals surface area contributed by atoms with E-state index in [0.29, 0.717) is 16.4 Å². The summed E-state index contributed by atoms with van der Waals surface area (Å²) >= 11 is 1.37. The van der Waals surface area contributed by atoms with Crippen LogP contribution >= 0.6 is 11.3 Å². The Hall–Kier alpha value is -2.73. The highest BCUT2D eigenvalue weighted by Gasteiger charge is 2.12. The Labute approximate surface area is 138 Å². The molecule has 1 N–H and O–H groups in total. The number of carbonyl (C=O) groups is 1. The number of pyridine rings is 1. The summed E-state index contributed by atoms with van der Waals surface area (Å²) in [6.07, 6.45) is 1.71. The fraction of sp³-hybridized carbons (Fsp3) is 0.118. The molecule has 0 aliphatic heterocycles. The molecule has 5 nitrogen and oxygen atoms in total. The third kappa shape index (κ3) is 3.37. The second-order valence-corrected chi connectivity index (χ2v) is 5.75. The first kappa shape index (κ1) is 15.2. The standard InChI is InChI=1S/C17H15N3O2S/c1-11-6-7-12(9-15(11)22-2)16(21)20-17-19-14(10-23-17)13-5-3-4-8-18-13/h3-10H,1-2H3,(H,19,20,21). The quantitative estimate of drug-likeness (QED) is 0.793. The van der Waals surface area contributed by atoms with Gasteiger partial charge in [0.1, 0.15) is 11.4 Å². The SMILES string of the molecule is COc1cc(C(=O)Nc2nc(-c3ccccn3)cs2)ccc1C.